The summed E-state index contributed by atoms with van der Waals surface area (Å²) in [6.07, 6.45) is 0. The van der Waals surface area contributed by atoms with Gasteiger partial charge in [-0.2, -0.15) is 0 Å². The topological polar surface area (TPSA) is 73.9 Å². The fourth-order valence-corrected chi connectivity index (χ4v) is 2.35. The van der Waals surface area contributed by atoms with E-state index in [9.17, 15) is 9.59 Å². The van der Waals surface area contributed by atoms with Crippen LogP contribution in [0.2, 0.25) is 0 Å². The van der Waals surface area contributed by atoms with Crippen molar-refractivity contribution in [3.63, 3.8) is 0 Å². The van der Waals surface area contributed by atoms with E-state index in [0.717, 1.165) is 5.56 Å². The molecule has 0 fully saturated rings. The quantitative estimate of drug-likeness (QED) is 0.735. The highest BCUT2D eigenvalue weighted by molar-refractivity contribution is 5.91. The number of nitrogens with one attached hydrogen (secondary N) is 1. The van der Waals surface area contributed by atoms with Crippen molar-refractivity contribution in [1.29, 1.82) is 0 Å². The summed E-state index contributed by atoms with van der Waals surface area (Å²) < 4.78 is 15.5. The number of methoxy groups -OCH3 is 1. The molecule has 0 aliphatic heterocycles. The zero-order chi connectivity index (χ0) is 18.9. The summed E-state index contributed by atoms with van der Waals surface area (Å²) in [6, 6.07) is 13.8. The van der Waals surface area contributed by atoms with Crippen LogP contribution in [0.15, 0.2) is 48.5 Å². The second-order valence-electron chi connectivity index (χ2n) is 5.60. The van der Waals surface area contributed by atoms with Crippen LogP contribution >= 0.6 is 0 Å². The van der Waals surface area contributed by atoms with Crippen LogP contribution in [-0.2, 0) is 9.53 Å². The van der Waals surface area contributed by atoms with Crippen molar-refractivity contribution in [2.24, 2.45) is 0 Å². The Balaban J connectivity index is 1.84. The van der Waals surface area contributed by atoms with Crippen molar-refractivity contribution in [2.45, 2.75) is 19.9 Å². The summed E-state index contributed by atoms with van der Waals surface area (Å²) in [5.41, 5.74) is 1.26. The summed E-state index contributed by atoms with van der Waals surface area (Å²) in [6.45, 7) is 3.93. The number of hydrogen-bond donors (Lipinski definition) is 1. The molecule has 26 heavy (non-hydrogen) atoms. The summed E-state index contributed by atoms with van der Waals surface area (Å²) >= 11 is 0. The van der Waals surface area contributed by atoms with Crippen LogP contribution in [0.1, 0.15) is 35.8 Å². The van der Waals surface area contributed by atoms with Crippen LogP contribution < -0.4 is 14.8 Å². The maximum atomic E-state index is 12.0. The lowest BCUT2D eigenvalue weighted by Crippen LogP contribution is -2.31. The first-order valence-corrected chi connectivity index (χ1v) is 8.36. The van der Waals surface area contributed by atoms with E-state index < -0.39 is 5.97 Å². The summed E-state index contributed by atoms with van der Waals surface area (Å²) in [5.74, 6) is 0.455. The Morgan fingerprint density at radius 3 is 2.46 bits per heavy atom. The molecular formula is C20H23NO5. The molecule has 0 aliphatic carbocycles. The smallest absolute Gasteiger partial charge is 0.338 e. The van der Waals surface area contributed by atoms with E-state index in [2.05, 4.69) is 5.32 Å². The van der Waals surface area contributed by atoms with Crippen molar-refractivity contribution in [1.82, 2.24) is 5.32 Å². The number of carbonyl (C=O) groups is 2. The molecule has 0 radical (unpaired) electrons. The SMILES string of the molecule is CCOc1ccc(C(=O)OCC(=O)NC(C)c2cccc(OC)c2)cc1. The zero-order valence-electron chi connectivity index (χ0n) is 15.2. The summed E-state index contributed by atoms with van der Waals surface area (Å²) in [4.78, 5) is 24.0. The van der Waals surface area contributed by atoms with Gasteiger partial charge in [-0.15, -0.1) is 0 Å². The molecule has 0 spiro atoms. The molecule has 1 atom stereocenters. The Labute approximate surface area is 153 Å². The number of amides is 1. The molecule has 0 aromatic heterocycles. The lowest BCUT2D eigenvalue weighted by atomic mass is 10.1. The maximum absolute atomic E-state index is 12.0. The summed E-state index contributed by atoms with van der Waals surface area (Å²) in [5, 5.41) is 2.79. The largest absolute Gasteiger partial charge is 0.497 e. The van der Waals surface area contributed by atoms with Crippen molar-refractivity contribution in [3.8, 4) is 11.5 Å². The number of benzene rings is 2. The van der Waals surface area contributed by atoms with Gasteiger partial charge in [0.25, 0.3) is 5.91 Å². The van der Waals surface area contributed by atoms with Crippen LogP contribution in [0.25, 0.3) is 0 Å². The fraction of sp³-hybridized carbons (Fsp3) is 0.300. The van der Waals surface area contributed by atoms with E-state index in [1.54, 1.807) is 31.4 Å². The molecule has 6 heteroatoms. The van der Waals surface area contributed by atoms with Crippen LogP contribution in [0.4, 0.5) is 0 Å². The number of hydrogen-bond acceptors (Lipinski definition) is 5. The highest BCUT2D eigenvalue weighted by atomic mass is 16.5. The minimum absolute atomic E-state index is 0.234. The van der Waals surface area contributed by atoms with Gasteiger partial charge in [-0.05, 0) is 55.8 Å². The van der Waals surface area contributed by atoms with E-state index in [1.165, 1.54) is 0 Å². The van der Waals surface area contributed by atoms with Crippen molar-refractivity contribution in [3.05, 3.63) is 59.7 Å². The fourth-order valence-electron chi connectivity index (χ4n) is 2.35. The van der Waals surface area contributed by atoms with Crippen LogP contribution in [0.5, 0.6) is 11.5 Å². The van der Waals surface area contributed by atoms with Gasteiger partial charge in [0.2, 0.25) is 0 Å². The Morgan fingerprint density at radius 1 is 1.08 bits per heavy atom. The van der Waals surface area contributed by atoms with Gasteiger partial charge in [0.15, 0.2) is 6.61 Å². The average molecular weight is 357 g/mol. The van der Waals surface area contributed by atoms with Gasteiger partial charge in [-0.25, -0.2) is 4.79 Å². The third kappa shape index (κ3) is 5.51. The molecular weight excluding hydrogens is 334 g/mol. The maximum Gasteiger partial charge on any atom is 0.338 e. The molecule has 0 saturated carbocycles. The Hall–Kier alpha value is -3.02. The lowest BCUT2D eigenvalue weighted by molar-refractivity contribution is -0.124. The molecule has 0 saturated heterocycles. The van der Waals surface area contributed by atoms with E-state index >= 15 is 0 Å². The minimum atomic E-state index is -0.558. The van der Waals surface area contributed by atoms with E-state index in [1.807, 2.05) is 38.1 Å². The van der Waals surface area contributed by atoms with E-state index in [4.69, 9.17) is 14.2 Å². The Kier molecular flexibility index (Phi) is 7.02. The first-order chi connectivity index (χ1) is 12.5. The van der Waals surface area contributed by atoms with Gasteiger partial charge in [-0.1, -0.05) is 12.1 Å². The van der Waals surface area contributed by atoms with E-state index in [0.29, 0.717) is 23.7 Å². The van der Waals surface area contributed by atoms with Crippen LogP contribution in [0, 0.1) is 0 Å². The Bertz CT molecular complexity index is 742. The monoisotopic (exact) mass is 357 g/mol. The molecule has 2 rings (SSSR count). The van der Waals surface area contributed by atoms with Crippen LogP contribution in [0.3, 0.4) is 0 Å². The predicted octanol–water partition coefficient (Wildman–Crippen LogP) is 3.13. The van der Waals surface area contributed by atoms with Gasteiger partial charge in [0, 0.05) is 0 Å². The standard InChI is InChI=1S/C20H23NO5/c1-4-25-17-10-8-15(9-11-17)20(23)26-13-19(22)21-14(2)16-6-5-7-18(12-16)24-3/h5-12,14H,4,13H2,1-3H3,(H,21,22). The molecule has 6 nitrogen and oxygen atoms in total. The van der Waals surface area contributed by atoms with Gasteiger partial charge < -0.3 is 19.5 Å². The number of ether oxygens (including phenoxy) is 3. The highest BCUT2D eigenvalue weighted by Gasteiger charge is 2.13. The number of rotatable bonds is 8. The number of esters is 1. The summed E-state index contributed by atoms with van der Waals surface area (Å²) in [7, 11) is 1.59. The first-order valence-electron chi connectivity index (χ1n) is 8.36. The molecule has 2 aromatic rings. The van der Waals surface area contributed by atoms with E-state index in [-0.39, 0.29) is 18.6 Å². The first kappa shape index (κ1) is 19.3. The van der Waals surface area contributed by atoms with Crippen molar-refractivity contribution in [2.75, 3.05) is 20.3 Å². The van der Waals surface area contributed by atoms with Gasteiger partial charge >= 0.3 is 5.97 Å². The molecule has 0 aliphatic rings. The third-order valence-electron chi connectivity index (χ3n) is 3.71. The normalized spacial score (nSPS) is 11.3. The predicted molar refractivity (Wildman–Crippen MR) is 97.4 cm³/mol. The third-order valence-corrected chi connectivity index (χ3v) is 3.71. The molecule has 138 valence electrons. The molecule has 0 bridgehead atoms. The number of carbonyl (C=O) groups excluding carboxylic acids is 2. The van der Waals surface area contributed by atoms with Gasteiger partial charge in [0.05, 0.1) is 25.3 Å². The molecule has 2 aromatic carbocycles. The highest BCUT2D eigenvalue weighted by Crippen LogP contribution is 2.18. The average Bonchev–Trinajstić information content (AvgIpc) is 2.67. The lowest BCUT2D eigenvalue weighted by Gasteiger charge is -2.15. The minimum Gasteiger partial charge on any atom is -0.497 e. The molecule has 0 heterocycles. The Morgan fingerprint density at radius 2 is 1.81 bits per heavy atom. The second-order valence-corrected chi connectivity index (χ2v) is 5.60. The van der Waals surface area contributed by atoms with Crippen LogP contribution in [-0.4, -0.2) is 32.2 Å². The van der Waals surface area contributed by atoms with Gasteiger partial charge in [0.1, 0.15) is 11.5 Å². The van der Waals surface area contributed by atoms with Gasteiger partial charge in [-0.3, -0.25) is 4.79 Å². The second kappa shape index (κ2) is 9.46. The molecule has 1 N–H and O–H groups in total. The zero-order valence-corrected chi connectivity index (χ0v) is 15.2. The molecule has 1 unspecified atom stereocenters. The van der Waals surface area contributed by atoms with Crippen molar-refractivity contribution >= 4 is 11.9 Å². The molecule has 1 amide bonds. The van der Waals surface area contributed by atoms with Crippen molar-refractivity contribution < 1.29 is 23.8 Å².